The smallest absolute Gasteiger partial charge is 0.416 e. The lowest BCUT2D eigenvalue weighted by molar-refractivity contribution is -0.137. The minimum absolute atomic E-state index is 0.0522. The van der Waals surface area contributed by atoms with Gasteiger partial charge in [0, 0.05) is 30.2 Å². The largest absolute Gasteiger partial charge is 0.491 e. The first kappa shape index (κ1) is 22.3. The fourth-order valence-corrected chi connectivity index (χ4v) is 3.44. The van der Waals surface area contributed by atoms with Gasteiger partial charge in [-0.2, -0.15) is 13.2 Å². The number of aryl methyl sites for hydroxylation is 1. The Morgan fingerprint density at radius 2 is 1.97 bits per heavy atom. The SMILES string of the molecule is COc1cn(CC(=O)Nc2ccc(C(F)(F)F)cc2)c(CSc2nnnn2C)cc1=O. The molecule has 13 heteroatoms. The number of anilines is 1. The number of nitrogens with zero attached hydrogens (tertiary/aromatic N) is 5. The fraction of sp³-hybridized carbons (Fsp3) is 0.278. The molecule has 0 aliphatic heterocycles. The molecule has 3 rings (SSSR count). The Labute approximate surface area is 178 Å². The quantitative estimate of drug-likeness (QED) is 0.547. The number of carbonyl (C=O) groups is 1. The van der Waals surface area contributed by atoms with Crippen LogP contribution in [0.15, 0.2) is 46.5 Å². The lowest BCUT2D eigenvalue weighted by Gasteiger charge is -2.15. The summed E-state index contributed by atoms with van der Waals surface area (Å²) in [6.45, 7) is -0.190. The van der Waals surface area contributed by atoms with Crippen molar-refractivity contribution in [3.8, 4) is 5.75 Å². The van der Waals surface area contributed by atoms with E-state index < -0.39 is 17.6 Å². The minimum Gasteiger partial charge on any atom is -0.491 e. The first-order valence-electron chi connectivity index (χ1n) is 8.77. The van der Waals surface area contributed by atoms with Crippen molar-refractivity contribution in [2.75, 3.05) is 12.4 Å². The molecular formula is C18H17F3N6O3S. The zero-order chi connectivity index (χ0) is 22.6. The number of rotatable bonds is 7. The highest BCUT2D eigenvalue weighted by molar-refractivity contribution is 7.98. The number of hydrogen-bond donors (Lipinski definition) is 1. The number of alkyl halides is 3. The summed E-state index contributed by atoms with van der Waals surface area (Å²) in [6, 6.07) is 5.46. The number of methoxy groups -OCH3 is 1. The van der Waals surface area contributed by atoms with Crippen molar-refractivity contribution in [1.82, 2.24) is 24.8 Å². The highest BCUT2D eigenvalue weighted by Gasteiger charge is 2.30. The van der Waals surface area contributed by atoms with Gasteiger partial charge in [-0.3, -0.25) is 9.59 Å². The zero-order valence-electron chi connectivity index (χ0n) is 16.4. The molecule has 0 saturated heterocycles. The van der Waals surface area contributed by atoms with Gasteiger partial charge in [-0.25, -0.2) is 4.68 Å². The number of tetrazole rings is 1. The Hall–Kier alpha value is -3.35. The lowest BCUT2D eigenvalue weighted by atomic mass is 10.2. The molecule has 0 saturated carbocycles. The maximum absolute atomic E-state index is 12.7. The minimum atomic E-state index is -4.46. The van der Waals surface area contributed by atoms with Crippen molar-refractivity contribution >= 4 is 23.4 Å². The first-order valence-corrected chi connectivity index (χ1v) is 9.75. The van der Waals surface area contributed by atoms with Gasteiger partial charge in [-0.15, -0.1) is 5.10 Å². The van der Waals surface area contributed by atoms with E-state index >= 15 is 0 Å². The molecule has 1 amide bonds. The molecule has 31 heavy (non-hydrogen) atoms. The number of benzene rings is 1. The third-order valence-electron chi connectivity index (χ3n) is 4.14. The molecular weight excluding hydrogens is 437 g/mol. The van der Waals surface area contributed by atoms with E-state index in [1.165, 1.54) is 52.5 Å². The van der Waals surface area contributed by atoms with E-state index in [0.29, 0.717) is 16.6 Å². The standard InChI is InChI=1S/C18H17F3N6O3S/c1-26-17(23-24-25-26)31-10-13-7-14(28)15(30-2)8-27(13)9-16(29)22-12-5-3-11(4-6-12)18(19,20)21/h3-8H,9-10H2,1-2H3,(H,22,29). The molecule has 0 atom stereocenters. The van der Waals surface area contributed by atoms with Crippen LogP contribution in [0, 0.1) is 0 Å². The van der Waals surface area contributed by atoms with E-state index in [2.05, 4.69) is 20.8 Å². The Morgan fingerprint density at radius 3 is 2.55 bits per heavy atom. The third kappa shape index (κ3) is 5.63. The van der Waals surface area contributed by atoms with E-state index in [9.17, 15) is 22.8 Å². The summed E-state index contributed by atoms with van der Waals surface area (Å²) < 4.78 is 46.1. The maximum Gasteiger partial charge on any atom is 0.416 e. The van der Waals surface area contributed by atoms with Crippen LogP contribution < -0.4 is 15.5 Å². The predicted molar refractivity (Wildman–Crippen MR) is 106 cm³/mol. The van der Waals surface area contributed by atoms with Crippen LogP contribution in [0.5, 0.6) is 5.75 Å². The average molecular weight is 454 g/mol. The molecule has 0 bridgehead atoms. The number of amides is 1. The molecule has 0 aliphatic carbocycles. The van der Waals surface area contributed by atoms with Crippen LogP contribution in [0.25, 0.3) is 0 Å². The summed E-state index contributed by atoms with van der Waals surface area (Å²) in [5.74, 6) is -0.144. The highest BCUT2D eigenvalue weighted by atomic mass is 32.2. The number of thioether (sulfide) groups is 1. The number of hydrogen-bond acceptors (Lipinski definition) is 7. The van der Waals surface area contributed by atoms with Crippen LogP contribution in [0.1, 0.15) is 11.3 Å². The van der Waals surface area contributed by atoms with Crippen LogP contribution in [0.2, 0.25) is 0 Å². The van der Waals surface area contributed by atoms with E-state index in [-0.39, 0.29) is 23.4 Å². The van der Waals surface area contributed by atoms with Gasteiger partial charge in [0.2, 0.25) is 16.5 Å². The second kappa shape index (κ2) is 9.20. The lowest BCUT2D eigenvalue weighted by Crippen LogP contribution is -2.23. The first-order chi connectivity index (χ1) is 14.7. The highest BCUT2D eigenvalue weighted by Crippen LogP contribution is 2.29. The number of pyridine rings is 1. The number of ether oxygens (including phenoxy) is 1. The Balaban J connectivity index is 1.76. The fourth-order valence-electron chi connectivity index (χ4n) is 2.60. The van der Waals surface area contributed by atoms with E-state index in [4.69, 9.17) is 4.74 Å². The maximum atomic E-state index is 12.7. The number of nitrogens with one attached hydrogen (secondary N) is 1. The molecule has 2 aromatic heterocycles. The average Bonchev–Trinajstić information content (AvgIpc) is 3.12. The normalized spacial score (nSPS) is 11.4. The van der Waals surface area contributed by atoms with Crippen LogP contribution in [-0.2, 0) is 30.3 Å². The molecule has 0 fully saturated rings. The van der Waals surface area contributed by atoms with Gasteiger partial charge in [0.1, 0.15) is 6.54 Å². The van der Waals surface area contributed by atoms with Gasteiger partial charge in [-0.05, 0) is 34.7 Å². The molecule has 2 heterocycles. The second-order valence-corrected chi connectivity index (χ2v) is 7.26. The summed E-state index contributed by atoms with van der Waals surface area (Å²) in [7, 11) is 3.00. The van der Waals surface area contributed by atoms with Gasteiger partial charge in [-0.1, -0.05) is 11.8 Å². The topological polar surface area (TPSA) is 104 Å². The van der Waals surface area contributed by atoms with Gasteiger partial charge < -0.3 is 14.6 Å². The van der Waals surface area contributed by atoms with Crippen LogP contribution >= 0.6 is 11.8 Å². The van der Waals surface area contributed by atoms with Crippen molar-refractivity contribution in [2.24, 2.45) is 7.05 Å². The molecule has 1 N–H and O–H groups in total. The molecule has 0 aliphatic rings. The van der Waals surface area contributed by atoms with E-state index in [1.807, 2.05) is 0 Å². The van der Waals surface area contributed by atoms with Gasteiger partial charge in [0.15, 0.2) is 5.75 Å². The zero-order valence-corrected chi connectivity index (χ0v) is 17.2. The van der Waals surface area contributed by atoms with E-state index in [1.54, 1.807) is 7.05 Å². The molecule has 0 unspecified atom stereocenters. The predicted octanol–water partition coefficient (Wildman–Crippen LogP) is 2.33. The molecule has 1 aromatic carbocycles. The van der Waals surface area contributed by atoms with Gasteiger partial charge in [0.05, 0.1) is 18.9 Å². The van der Waals surface area contributed by atoms with Crippen molar-refractivity contribution in [3.63, 3.8) is 0 Å². The molecule has 0 radical (unpaired) electrons. The monoisotopic (exact) mass is 454 g/mol. The van der Waals surface area contributed by atoms with Crippen molar-refractivity contribution < 1.29 is 22.7 Å². The van der Waals surface area contributed by atoms with E-state index in [0.717, 1.165) is 12.1 Å². The molecule has 3 aromatic rings. The van der Waals surface area contributed by atoms with Crippen LogP contribution in [0.3, 0.4) is 0 Å². The third-order valence-corrected chi connectivity index (χ3v) is 5.19. The Bertz CT molecular complexity index is 1130. The molecule has 9 nitrogen and oxygen atoms in total. The summed E-state index contributed by atoms with van der Waals surface area (Å²) in [4.78, 5) is 24.6. The van der Waals surface area contributed by atoms with Gasteiger partial charge in [0.25, 0.3) is 0 Å². The van der Waals surface area contributed by atoms with Crippen molar-refractivity contribution in [1.29, 1.82) is 0 Å². The van der Waals surface area contributed by atoms with Crippen molar-refractivity contribution in [2.45, 2.75) is 23.6 Å². The van der Waals surface area contributed by atoms with Crippen molar-refractivity contribution in [3.05, 3.63) is 58.0 Å². The summed E-state index contributed by atoms with van der Waals surface area (Å²) in [5.41, 5.74) is -0.435. The summed E-state index contributed by atoms with van der Waals surface area (Å²) in [5, 5.41) is 14.2. The van der Waals surface area contributed by atoms with Gasteiger partial charge >= 0.3 is 6.18 Å². The number of aromatic nitrogens is 5. The summed E-state index contributed by atoms with van der Waals surface area (Å²) >= 11 is 1.27. The Morgan fingerprint density at radius 1 is 1.26 bits per heavy atom. The number of halogens is 3. The summed E-state index contributed by atoms with van der Waals surface area (Å²) in [6.07, 6.45) is -3.06. The second-order valence-electron chi connectivity index (χ2n) is 6.32. The molecule has 0 spiro atoms. The van der Waals surface area contributed by atoms with Crippen LogP contribution in [-0.4, -0.2) is 37.8 Å². The van der Waals surface area contributed by atoms with Crippen LogP contribution in [0.4, 0.5) is 18.9 Å². The Kier molecular flexibility index (Phi) is 6.63. The number of carbonyl (C=O) groups excluding carboxylic acids is 1. The molecule has 164 valence electrons.